The molecule has 3 nitrogen and oxygen atoms in total. The maximum absolute atomic E-state index is 11.1. The van der Waals surface area contributed by atoms with Gasteiger partial charge in [0.05, 0.1) is 3.57 Å². The highest BCUT2D eigenvalue weighted by Gasteiger charge is 2.12. The summed E-state index contributed by atoms with van der Waals surface area (Å²) in [6.07, 6.45) is 0.953. The number of aromatic nitrogens is 1. The number of benzene rings is 1. The summed E-state index contributed by atoms with van der Waals surface area (Å²) in [7, 11) is 0. The van der Waals surface area contributed by atoms with Crippen molar-refractivity contribution in [1.29, 1.82) is 0 Å². The van der Waals surface area contributed by atoms with E-state index in [0.717, 1.165) is 15.5 Å². The molecule has 1 aromatic carbocycles. The molecule has 0 amide bonds. The van der Waals surface area contributed by atoms with Gasteiger partial charge >= 0.3 is 0 Å². The molecule has 0 fully saturated rings. The lowest BCUT2D eigenvalue weighted by molar-refractivity contribution is 0.0983. The van der Waals surface area contributed by atoms with Crippen molar-refractivity contribution in [3.63, 3.8) is 0 Å². The van der Waals surface area contributed by atoms with Crippen molar-refractivity contribution in [2.45, 2.75) is 20.3 Å². The molecular weight excluding hydrogens is 305 g/mol. The molecule has 0 aliphatic heterocycles. The van der Waals surface area contributed by atoms with Gasteiger partial charge in [-0.15, -0.1) is 0 Å². The Morgan fingerprint density at radius 2 is 2.27 bits per heavy atom. The Bertz CT molecular complexity index is 531. The molecule has 2 aromatic rings. The van der Waals surface area contributed by atoms with Crippen LogP contribution in [0.15, 0.2) is 16.5 Å². The maximum Gasteiger partial charge on any atom is 0.263 e. The van der Waals surface area contributed by atoms with Gasteiger partial charge in [0.2, 0.25) is 5.78 Å². The molecule has 0 atom stereocenters. The fourth-order valence-electron chi connectivity index (χ4n) is 1.40. The number of hydrogen-bond acceptors (Lipinski definition) is 3. The van der Waals surface area contributed by atoms with Gasteiger partial charge in [-0.1, -0.05) is 6.92 Å². The molecule has 0 unspecified atom stereocenters. The average molecular weight is 315 g/mol. The van der Waals surface area contributed by atoms with Gasteiger partial charge in [0.1, 0.15) is 5.52 Å². The number of Topliss-reactive ketones (excluding diaryl/α,β-unsaturated/α-hetero) is 1. The van der Waals surface area contributed by atoms with Crippen molar-refractivity contribution >= 4 is 39.5 Å². The molecule has 0 aliphatic carbocycles. The number of carbonyl (C=O) groups excluding carboxylic acids is 1. The van der Waals surface area contributed by atoms with Crippen LogP contribution in [0.3, 0.4) is 0 Å². The van der Waals surface area contributed by atoms with E-state index in [1.807, 2.05) is 6.07 Å². The van der Waals surface area contributed by atoms with Gasteiger partial charge in [-0.05, 0) is 46.7 Å². The summed E-state index contributed by atoms with van der Waals surface area (Å²) in [5.74, 6) is 0.0521. The zero-order valence-electron chi connectivity index (χ0n) is 8.50. The fourth-order valence-corrected chi connectivity index (χ4v) is 2.19. The van der Waals surface area contributed by atoms with Gasteiger partial charge in [0, 0.05) is 6.92 Å². The first kappa shape index (κ1) is 10.6. The van der Waals surface area contributed by atoms with Crippen molar-refractivity contribution in [3.8, 4) is 0 Å². The van der Waals surface area contributed by atoms with Gasteiger partial charge in [-0.3, -0.25) is 4.79 Å². The highest BCUT2D eigenvalue weighted by molar-refractivity contribution is 14.1. The van der Waals surface area contributed by atoms with Crippen molar-refractivity contribution in [3.05, 3.63) is 27.2 Å². The standard InChI is InChI=1S/C11H10INO2/c1-3-7-4-8(12)10-9(5-7)13-11(15-10)6(2)14/h4-5H,3H2,1-2H3. The van der Waals surface area contributed by atoms with Crippen LogP contribution in [0, 0.1) is 3.57 Å². The number of oxazole rings is 1. The number of nitrogens with zero attached hydrogens (tertiary/aromatic N) is 1. The second kappa shape index (κ2) is 3.92. The number of rotatable bonds is 2. The first-order valence-corrected chi connectivity index (χ1v) is 5.79. The molecule has 4 heteroatoms. The van der Waals surface area contributed by atoms with Crippen molar-refractivity contribution in [2.75, 3.05) is 0 Å². The molecule has 1 heterocycles. The Morgan fingerprint density at radius 1 is 1.53 bits per heavy atom. The zero-order valence-corrected chi connectivity index (χ0v) is 10.7. The summed E-state index contributed by atoms with van der Waals surface area (Å²) < 4.78 is 6.39. The number of carbonyl (C=O) groups is 1. The van der Waals surface area contributed by atoms with E-state index in [1.165, 1.54) is 12.5 Å². The van der Waals surface area contributed by atoms with E-state index in [-0.39, 0.29) is 11.7 Å². The topological polar surface area (TPSA) is 43.1 Å². The Labute approximate surface area is 101 Å². The van der Waals surface area contributed by atoms with Gasteiger partial charge in [-0.2, -0.15) is 0 Å². The highest BCUT2D eigenvalue weighted by atomic mass is 127. The van der Waals surface area contributed by atoms with Gasteiger partial charge < -0.3 is 4.42 Å². The Morgan fingerprint density at radius 3 is 2.87 bits per heavy atom. The molecule has 78 valence electrons. The monoisotopic (exact) mass is 315 g/mol. The molecule has 15 heavy (non-hydrogen) atoms. The first-order chi connectivity index (χ1) is 7.11. The minimum absolute atomic E-state index is 0.139. The van der Waals surface area contributed by atoms with Gasteiger partial charge in [0.15, 0.2) is 5.58 Å². The highest BCUT2D eigenvalue weighted by Crippen LogP contribution is 2.24. The Kier molecular flexibility index (Phi) is 2.77. The Hall–Kier alpha value is -0.910. The van der Waals surface area contributed by atoms with Crippen LogP contribution in [0.5, 0.6) is 0 Å². The molecule has 0 spiro atoms. The number of aryl methyl sites for hydroxylation is 1. The number of ketones is 1. The quantitative estimate of drug-likeness (QED) is 0.631. The van der Waals surface area contributed by atoms with Crippen molar-refractivity contribution < 1.29 is 9.21 Å². The van der Waals surface area contributed by atoms with Crippen LogP contribution in [0.25, 0.3) is 11.1 Å². The van der Waals surface area contributed by atoms with E-state index in [0.29, 0.717) is 5.58 Å². The molecule has 0 saturated heterocycles. The smallest absolute Gasteiger partial charge is 0.263 e. The van der Waals surface area contributed by atoms with Crippen LogP contribution in [-0.2, 0) is 6.42 Å². The third-order valence-electron chi connectivity index (χ3n) is 2.21. The number of hydrogen-bond donors (Lipinski definition) is 0. The zero-order chi connectivity index (χ0) is 11.0. The predicted molar refractivity (Wildman–Crippen MR) is 66.1 cm³/mol. The second-order valence-corrected chi connectivity index (χ2v) is 4.52. The number of halogens is 1. The third kappa shape index (κ3) is 1.90. The summed E-state index contributed by atoms with van der Waals surface area (Å²) in [6.45, 7) is 3.54. The summed E-state index contributed by atoms with van der Waals surface area (Å²) in [6, 6.07) is 4.02. The SMILES string of the molecule is CCc1cc(I)c2oc(C(C)=O)nc2c1. The summed E-state index contributed by atoms with van der Waals surface area (Å²) in [5, 5.41) is 0. The van der Waals surface area contributed by atoms with Crippen LogP contribution in [0.1, 0.15) is 30.1 Å². The third-order valence-corrected chi connectivity index (χ3v) is 3.02. The van der Waals surface area contributed by atoms with Crippen LogP contribution < -0.4 is 0 Å². The molecule has 1 aromatic heterocycles. The van der Waals surface area contributed by atoms with E-state index >= 15 is 0 Å². The number of fused-ring (bicyclic) bond motifs is 1. The van der Waals surface area contributed by atoms with E-state index in [2.05, 4.69) is 40.6 Å². The maximum atomic E-state index is 11.1. The van der Waals surface area contributed by atoms with Crippen molar-refractivity contribution in [1.82, 2.24) is 4.98 Å². The second-order valence-electron chi connectivity index (χ2n) is 3.35. The van der Waals surface area contributed by atoms with Gasteiger partial charge in [0.25, 0.3) is 5.89 Å². The average Bonchev–Trinajstić information content (AvgIpc) is 2.61. The minimum Gasteiger partial charge on any atom is -0.433 e. The molecule has 0 bridgehead atoms. The summed E-state index contributed by atoms with van der Waals surface area (Å²) >= 11 is 2.20. The minimum atomic E-state index is -0.139. The van der Waals surface area contributed by atoms with Crippen LogP contribution in [0.2, 0.25) is 0 Å². The lowest BCUT2D eigenvalue weighted by atomic mass is 10.1. The predicted octanol–water partition coefficient (Wildman–Crippen LogP) is 3.20. The Balaban J connectivity index is 2.69. The van der Waals surface area contributed by atoms with Crippen LogP contribution in [0.4, 0.5) is 0 Å². The van der Waals surface area contributed by atoms with E-state index < -0.39 is 0 Å². The summed E-state index contributed by atoms with van der Waals surface area (Å²) in [5.41, 5.74) is 2.68. The lowest BCUT2D eigenvalue weighted by Crippen LogP contribution is -1.89. The largest absolute Gasteiger partial charge is 0.433 e. The van der Waals surface area contributed by atoms with E-state index in [1.54, 1.807) is 0 Å². The molecule has 0 radical (unpaired) electrons. The van der Waals surface area contributed by atoms with E-state index in [9.17, 15) is 4.79 Å². The molecule has 2 rings (SSSR count). The molecule has 0 N–H and O–H groups in total. The van der Waals surface area contributed by atoms with E-state index in [4.69, 9.17) is 4.42 Å². The first-order valence-electron chi connectivity index (χ1n) is 4.71. The molecular formula is C11H10INO2. The van der Waals surface area contributed by atoms with Crippen LogP contribution in [-0.4, -0.2) is 10.8 Å². The summed E-state index contributed by atoms with van der Waals surface area (Å²) in [4.78, 5) is 15.3. The molecule has 0 aliphatic rings. The normalized spacial score (nSPS) is 10.9. The van der Waals surface area contributed by atoms with Crippen molar-refractivity contribution in [2.24, 2.45) is 0 Å². The molecule has 0 saturated carbocycles. The fraction of sp³-hybridized carbons (Fsp3) is 0.273. The lowest BCUT2D eigenvalue weighted by Gasteiger charge is -1.96. The van der Waals surface area contributed by atoms with Crippen LogP contribution >= 0.6 is 22.6 Å². The van der Waals surface area contributed by atoms with Gasteiger partial charge in [-0.25, -0.2) is 4.98 Å².